The Morgan fingerprint density at radius 3 is 2.15 bits per heavy atom. The normalized spacial score (nSPS) is 27.8. The molecular weight excluding hydrogens is 490 g/mol. The molecule has 3 heterocycles. The van der Waals surface area contributed by atoms with Gasteiger partial charge < -0.3 is 24.4 Å². The third-order valence-electron chi connectivity index (χ3n) is 9.35. The van der Waals surface area contributed by atoms with Crippen LogP contribution in [-0.2, 0) is 14.3 Å². The van der Waals surface area contributed by atoms with Gasteiger partial charge in [-0.25, -0.2) is 0 Å². The van der Waals surface area contributed by atoms with E-state index in [9.17, 15) is 9.90 Å². The summed E-state index contributed by atoms with van der Waals surface area (Å²) in [4.78, 5) is 20.0. The van der Waals surface area contributed by atoms with E-state index in [-0.39, 0.29) is 11.5 Å². The summed E-state index contributed by atoms with van der Waals surface area (Å²) in [6, 6.07) is 0.701. The third-order valence-corrected chi connectivity index (χ3v) is 9.35. The number of likely N-dealkylation sites (tertiary alicyclic amines) is 3. The summed E-state index contributed by atoms with van der Waals surface area (Å²) in [6.07, 6.45) is 14.5. The van der Waals surface area contributed by atoms with Crippen molar-refractivity contribution >= 4 is 5.91 Å². The summed E-state index contributed by atoms with van der Waals surface area (Å²) in [5.41, 5.74) is 0.827. The molecule has 1 amide bonds. The number of ether oxygens (including phenoxy) is 2. The second-order valence-electron chi connectivity index (χ2n) is 13.4. The third kappa shape index (κ3) is 9.39. The van der Waals surface area contributed by atoms with E-state index < -0.39 is 6.41 Å². The minimum absolute atomic E-state index is 0.206. The summed E-state index contributed by atoms with van der Waals surface area (Å²) in [7, 11) is 0. The first-order valence-corrected chi connectivity index (χ1v) is 15.8. The van der Waals surface area contributed by atoms with Crippen molar-refractivity contribution in [1.82, 2.24) is 14.7 Å². The zero-order valence-corrected chi connectivity index (χ0v) is 25.0. The average Bonchev–Trinajstić information content (AvgIpc) is 3.47. The molecule has 7 nitrogen and oxygen atoms in total. The molecule has 1 unspecified atom stereocenters. The van der Waals surface area contributed by atoms with Crippen LogP contribution in [0.1, 0.15) is 85.0 Å². The molecule has 1 atom stereocenters. The van der Waals surface area contributed by atoms with Crippen LogP contribution in [0.2, 0.25) is 0 Å². The number of amides is 1. The molecule has 39 heavy (non-hydrogen) atoms. The second kappa shape index (κ2) is 14.6. The van der Waals surface area contributed by atoms with E-state index in [2.05, 4.69) is 28.5 Å². The van der Waals surface area contributed by atoms with Crippen molar-refractivity contribution in [2.75, 3.05) is 52.5 Å². The zero-order chi connectivity index (χ0) is 27.8. The number of allylic oxidation sites excluding steroid dienone is 2. The van der Waals surface area contributed by atoms with Crippen LogP contribution in [0.15, 0.2) is 24.3 Å². The summed E-state index contributed by atoms with van der Waals surface area (Å²) in [5, 5.41) is 10.3. The first-order chi connectivity index (χ1) is 18.7. The van der Waals surface area contributed by atoms with Gasteiger partial charge in [-0.2, -0.15) is 0 Å². The summed E-state index contributed by atoms with van der Waals surface area (Å²) >= 11 is 0. The van der Waals surface area contributed by atoms with Crippen molar-refractivity contribution in [2.24, 2.45) is 17.8 Å². The lowest BCUT2D eigenvalue weighted by atomic mass is 9.78. The topological polar surface area (TPSA) is 65.5 Å². The Morgan fingerprint density at radius 2 is 1.54 bits per heavy atom. The van der Waals surface area contributed by atoms with Crippen molar-refractivity contribution in [3.05, 3.63) is 24.3 Å². The molecule has 7 heteroatoms. The molecule has 4 rings (SSSR count). The summed E-state index contributed by atoms with van der Waals surface area (Å²) in [5.74, 6) is 1.62. The highest BCUT2D eigenvalue weighted by Gasteiger charge is 2.33. The van der Waals surface area contributed by atoms with Crippen LogP contribution in [0, 0.1) is 17.8 Å². The predicted molar refractivity (Wildman–Crippen MR) is 156 cm³/mol. The van der Waals surface area contributed by atoms with Gasteiger partial charge in [0.2, 0.25) is 12.3 Å². The quantitative estimate of drug-likeness (QED) is 0.241. The fourth-order valence-electron chi connectivity index (χ4n) is 6.90. The maximum absolute atomic E-state index is 13.2. The number of piperidine rings is 2. The summed E-state index contributed by atoms with van der Waals surface area (Å²) < 4.78 is 11.6. The molecule has 222 valence electrons. The number of carbonyl (C=O) groups is 1. The fraction of sp³-hybridized carbons (Fsp3) is 0.844. The van der Waals surface area contributed by atoms with Gasteiger partial charge in [0.1, 0.15) is 0 Å². The maximum atomic E-state index is 13.2. The van der Waals surface area contributed by atoms with E-state index in [1.807, 2.05) is 25.7 Å². The Labute approximate surface area is 237 Å². The first-order valence-electron chi connectivity index (χ1n) is 15.8. The van der Waals surface area contributed by atoms with Crippen LogP contribution >= 0.6 is 0 Å². The Morgan fingerprint density at radius 1 is 0.923 bits per heavy atom. The highest BCUT2D eigenvalue weighted by Crippen LogP contribution is 2.35. The molecule has 0 aromatic rings. The van der Waals surface area contributed by atoms with E-state index in [1.165, 1.54) is 31.5 Å². The molecule has 0 radical (unpaired) electrons. The van der Waals surface area contributed by atoms with Gasteiger partial charge in [-0.05, 0) is 110 Å². The SMILES string of the molecule is C=C(/C=C\COCC1CCN(C(O)OC(C)(C)C)CC1)C1CCC(C(=O)N2CCC(N3CCCC3)CC2)CC1. The molecule has 0 aromatic heterocycles. The van der Waals surface area contributed by atoms with Crippen molar-refractivity contribution in [2.45, 2.75) is 103 Å². The molecule has 3 aliphatic heterocycles. The number of hydrogen-bond acceptors (Lipinski definition) is 6. The van der Waals surface area contributed by atoms with Crippen molar-refractivity contribution in [3.63, 3.8) is 0 Å². The van der Waals surface area contributed by atoms with Crippen LogP contribution in [0.25, 0.3) is 0 Å². The van der Waals surface area contributed by atoms with E-state index in [0.29, 0.717) is 30.4 Å². The molecule has 0 aromatic carbocycles. The van der Waals surface area contributed by atoms with Gasteiger partial charge in [-0.1, -0.05) is 24.3 Å². The van der Waals surface area contributed by atoms with Gasteiger partial charge in [-0.3, -0.25) is 9.69 Å². The van der Waals surface area contributed by atoms with Gasteiger partial charge in [-0.15, -0.1) is 0 Å². The molecule has 1 N–H and O–H groups in total. The molecular formula is C32H55N3O4. The highest BCUT2D eigenvalue weighted by molar-refractivity contribution is 5.79. The van der Waals surface area contributed by atoms with E-state index in [4.69, 9.17) is 9.47 Å². The van der Waals surface area contributed by atoms with E-state index in [0.717, 1.165) is 84.2 Å². The second-order valence-corrected chi connectivity index (χ2v) is 13.4. The molecule has 4 aliphatic rings. The van der Waals surface area contributed by atoms with Gasteiger partial charge in [0.05, 0.1) is 12.2 Å². The minimum Gasteiger partial charge on any atom is -0.377 e. The minimum atomic E-state index is -0.828. The van der Waals surface area contributed by atoms with E-state index >= 15 is 0 Å². The number of nitrogens with zero attached hydrogens (tertiary/aromatic N) is 3. The van der Waals surface area contributed by atoms with Crippen LogP contribution in [0.3, 0.4) is 0 Å². The standard InChI is InChI=1S/C32H55N3O4/c1-25(8-7-23-38-24-26-13-19-35(20-14-26)31(37)39-32(2,3)4)27-9-11-28(12-10-27)30(36)34-21-15-29(16-22-34)33-17-5-6-18-33/h7-8,26-29,31,37H,1,5-6,9-24H2,2-4H3/b8-7-. The van der Waals surface area contributed by atoms with Crippen LogP contribution < -0.4 is 0 Å². The molecule has 0 bridgehead atoms. The van der Waals surface area contributed by atoms with Crippen molar-refractivity contribution in [1.29, 1.82) is 0 Å². The van der Waals surface area contributed by atoms with Crippen molar-refractivity contribution in [3.8, 4) is 0 Å². The number of rotatable bonds is 10. The smallest absolute Gasteiger partial charge is 0.225 e. The predicted octanol–water partition coefficient (Wildman–Crippen LogP) is 4.81. The molecule has 3 saturated heterocycles. The summed E-state index contributed by atoms with van der Waals surface area (Å²) in [6.45, 7) is 17.7. The molecule has 4 fully saturated rings. The lowest BCUT2D eigenvalue weighted by Gasteiger charge is -2.39. The zero-order valence-electron chi connectivity index (χ0n) is 25.0. The molecule has 1 aliphatic carbocycles. The van der Waals surface area contributed by atoms with E-state index in [1.54, 1.807) is 0 Å². The monoisotopic (exact) mass is 545 g/mol. The lowest BCUT2D eigenvalue weighted by Crippen LogP contribution is -2.47. The van der Waals surface area contributed by atoms with Gasteiger partial charge in [0.15, 0.2) is 0 Å². The molecule has 1 saturated carbocycles. The fourth-order valence-corrected chi connectivity index (χ4v) is 6.90. The Kier molecular flexibility index (Phi) is 11.5. The van der Waals surface area contributed by atoms with Crippen molar-refractivity contribution < 1.29 is 19.4 Å². The van der Waals surface area contributed by atoms with Crippen LogP contribution in [0.4, 0.5) is 0 Å². The Bertz CT molecular complexity index is 795. The number of hydrogen-bond donors (Lipinski definition) is 1. The van der Waals surface area contributed by atoms with Gasteiger partial charge in [0, 0.05) is 44.7 Å². The average molecular weight is 546 g/mol. The number of aliphatic hydroxyl groups excluding tert-OH is 1. The highest BCUT2D eigenvalue weighted by atomic mass is 16.6. The molecule has 0 spiro atoms. The first kappa shape index (κ1) is 30.7. The van der Waals surface area contributed by atoms with Crippen LogP contribution in [-0.4, -0.2) is 96.3 Å². The maximum Gasteiger partial charge on any atom is 0.225 e. The Balaban J connectivity index is 1.06. The Hall–Kier alpha value is -1.25. The van der Waals surface area contributed by atoms with Gasteiger partial charge in [0.25, 0.3) is 0 Å². The number of aliphatic hydroxyl groups is 1. The largest absolute Gasteiger partial charge is 0.377 e. The van der Waals surface area contributed by atoms with Crippen LogP contribution in [0.5, 0.6) is 0 Å². The number of carbonyl (C=O) groups excluding carboxylic acids is 1. The van der Waals surface area contributed by atoms with Gasteiger partial charge >= 0.3 is 0 Å². The lowest BCUT2D eigenvalue weighted by molar-refractivity contribution is -0.243.